The van der Waals surface area contributed by atoms with E-state index in [1.165, 1.54) is 0 Å². The first kappa shape index (κ1) is 12.4. The van der Waals surface area contributed by atoms with Gasteiger partial charge in [-0.15, -0.1) is 0 Å². The molecule has 1 heterocycles. The molecule has 0 aliphatic rings. The average molecular weight is 244 g/mol. The molecule has 1 aromatic carbocycles. The Morgan fingerprint density at radius 1 is 1.17 bits per heavy atom. The fourth-order valence-electron chi connectivity index (χ4n) is 1.62. The molecule has 0 spiro atoms. The molecule has 0 radical (unpaired) electrons. The molecule has 0 atom stereocenters. The summed E-state index contributed by atoms with van der Waals surface area (Å²) in [5, 5.41) is 0. The topological polar surface area (TPSA) is 57.4 Å². The highest BCUT2D eigenvalue weighted by atomic mass is 16.5. The van der Waals surface area contributed by atoms with Crippen LogP contribution in [-0.2, 0) is 6.54 Å². The van der Waals surface area contributed by atoms with Crippen LogP contribution in [0.5, 0.6) is 17.4 Å². The summed E-state index contributed by atoms with van der Waals surface area (Å²) in [6, 6.07) is 11.1. The fraction of sp³-hybridized carbons (Fsp3) is 0.214. The highest BCUT2D eigenvalue weighted by molar-refractivity contribution is 5.36. The Labute approximate surface area is 106 Å². The Bertz CT molecular complexity index is 541. The van der Waals surface area contributed by atoms with Crippen LogP contribution in [0.2, 0.25) is 0 Å². The maximum absolute atomic E-state index is 5.67. The molecular weight excluding hydrogens is 228 g/mol. The van der Waals surface area contributed by atoms with E-state index in [1.54, 1.807) is 7.11 Å². The fourth-order valence-corrected chi connectivity index (χ4v) is 1.62. The second-order valence-corrected chi connectivity index (χ2v) is 3.88. The molecule has 4 nitrogen and oxygen atoms in total. The van der Waals surface area contributed by atoms with Crippen molar-refractivity contribution >= 4 is 0 Å². The second kappa shape index (κ2) is 5.51. The van der Waals surface area contributed by atoms with Crippen molar-refractivity contribution in [3.05, 3.63) is 47.7 Å². The van der Waals surface area contributed by atoms with Gasteiger partial charge in [-0.25, -0.2) is 4.98 Å². The third-order valence-electron chi connectivity index (χ3n) is 2.65. The summed E-state index contributed by atoms with van der Waals surface area (Å²) in [6.07, 6.45) is 0. The molecule has 0 bridgehead atoms. The minimum absolute atomic E-state index is 0.484. The molecular formula is C14H16N2O2. The predicted octanol–water partition coefficient (Wildman–Crippen LogP) is 2.65. The van der Waals surface area contributed by atoms with Crippen molar-refractivity contribution < 1.29 is 9.47 Å². The summed E-state index contributed by atoms with van der Waals surface area (Å²) in [5.74, 6) is 2.00. The Morgan fingerprint density at radius 3 is 2.61 bits per heavy atom. The normalized spacial score (nSPS) is 10.2. The van der Waals surface area contributed by atoms with Crippen LogP contribution in [0.25, 0.3) is 0 Å². The van der Waals surface area contributed by atoms with Crippen LogP contribution < -0.4 is 15.2 Å². The maximum atomic E-state index is 5.67. The number of rotatable bonds is 4. The number of hydrogen-bond donors (Lipinski definition) is 1. The first-order valence-corrected chi connectivity index (χ1v) is 5.71. The van der Waals surface area contributed by atoms with Crippen molar-refractivity contribution in [2.45, 2.75) is 13.5 Å². The molecule has 4 heteroatoms. The smallest absolute Gasteiger partial charge is 0.219 e. The summed E-state index contributed by atoms with van der Waals surface area (Å²) >= 11 is 0. The Balaban J connectivity index is 2.20. The summed E-state index contributed by atoms with van der Waals surface area (Å²) in [6.45, 7) is 2.40. The van der Waals surface area contributed by atoms with Crippen molar-refractivity contribution in [2.24, 2.45) is 5.73 Å². The number of hydrogen-bond acceptors (Lipinski definition) is 4. The van der Waals surface area contributed by atoms with E-state index in [0.717, 1.165) is 17.0 Å². The Morgan fingerprint density at radius 2 is 1.94 bits per heavy atom. The standard InChI is InChI=1S/C14H16N2O2/c1-10-11(9-15)6-7-14(16-10)18-13-5-3-4-12(8-13)17-2/h3-8H,9,15H2,1-2H3. The van der Waals surface area contributed by atoms with Crippen molar-refractivity contribution in [1.29, 1.82) is 0 Å². The minimum Gasteiger partial charge on any atom is -0.497 e. The molecule has 18 heavy (non-hydrogen) atoms. The van der Waals surface area contributed by atoms with Gasteiger partial charge >= 0.3 is 0 Å². The van der Waals surface area contributed by atoms with Gasteiger partial charge in [0.2, 0.25) is 5.88 Å². The van der Waals surface area contributed by atoms with Gasteiger partial charge < -0.3 is 15.2 Å². The van der Waals surface area contributed by atoms with Crippen LogP contribution in [0.1, 0.15) is 11.3 Å². The molecule has 2 N–H and O–H groups in total. The third-order valence-corrected chi connectivity index (χ3v) is 2.65. The van der Waals surface area contributed by atoms with Crippen molar-refractivity contribution in [3.63, 3.8) is 0 Å². The van der Waals surface area contributed by atoms with E-state index in [9.17, 15) is 0 Å². The van der Waals surface area contributed by atoms with E-state index in [2.05, 4.69) is 4.98 Å². The van der Waals surface area contributed by atoms with Gasteiger partial charge in [-0.2, -0.15) is 0 Å². The number of benzene rings is 1. The number of nitrogens with zero attached hydrogens (tertiary/aromatic N) is 1. The first-order chi connectivity index (χ1) is 8.72. The highest BCUT2D eigenvalue weighted by Crippen LogP contribution is 2.24. The van der Waals surface area contributed by atoms with Gasteiger partial charge in [-0.1, -0.05) is 12.1 Å². The van der Waals surface area contributed by atoms with E-state index in [0.29, 0.717) is 18.2 Å². The third kappa shape index (κ3) is 2.78. The molecule has 0 amide bonds. The molecule has 94 valence electrons. The summed E-state index contributed by atoms with van der Waals surface area (Å²) in [5.41, 5.74) is 7.50. The van der Waals surface area contributed by atoms with Crippen LogP contribution in [0, 0.1) is 6.92 Å². The molecule has 2 rings (SSSR count). The zero-order valence-electron chi connectivity index (χ0n) is 10.5. The SMILES string of the molecule is COc1cccc(Oc2ccc(CN)c(C)n2)c1. The number of pyridine rings is 1. The number of methoxy groups -OCH3 is 1. The average Bonchev–Trinajstić information content (AvgIpc) is 2.39. The van der Waals surface area contributed by atoms with Gasteiger partial charge in [0.05, 0.1) is 7.11 Å². The van der Waals surface area contributed by atoms with E-state index in [4.69, 9.17) is 15.2 Å². The molecule has 0 fully saturated rings. The van der Waals surface area contributed by atoms with Crippen LogP contribution in [0.15, 0.2) is 36.4 Å². The van der Waals surface area contributed by atoms with Crippen LogP contribution in [-0.4, -0.2) is 12.1 Å². The maximum Gasteiger partial charge on any atom is 0.219 e. The van der Waals surface area contributed by atoms with Gasteiger partial charge in [0, 0.05) is 24.4 Å². The lowest BCUT2D eigenvalue weighted by molar-refractivity contribution is 0.407. The highest BCUT2D eigenvalue weighted by Gasteiger charge is 2.03. The molecule has 2 aromatic rings. The summed E-state index contributed by atoms with van der Waals surface area (Å²) in [4.78, 5) is 4.35. The van der Waals surface area contributed by atoms with Gasteiger partial charge in [0.1, 0.15) is 11.5 Å². The molecule has 1 aromatic heterocycles. The molecule has 0 saturated heterocycles. The zero-order valence-corrected chi connectivity index (χ0v) is 10.5. The van der Waals surface area contributed by atoms with E-state index in [1.807, 2.05) is 43.3 Å². The Kier molecular flexibility index (Phi) is 3.79. The lowest BCUT2D eigenvalue weighted by atomic mass is 10.2. The number of aryl methyl sites for hydroxylation is 1. The molecule has 0 aliphatic heterocycles. The van der Waals surface area contributed by atoms with E-state index >= 15 is 0 Å². The van der Waals surface area contributed by atoms with Crippen molar-refractivity contribution in [2.75, 3.05) is 7.11 Å². The zero-order chi connectivity index (χ0) is 13.0. The van der Waals surface area contributed by atoms with Gasteiger partial charge in [0.25, 0.3) is 0 Å². The van der Waals surface area contributed by atoms with Crippen LogP contribution >= 0.6 is 0 Å². The van der Waals surface area contributed by atoms with E-state index < -0.39 is 0 Å². The molecule has 0 saturated carbocycles. The Hall–Kier alpha value is -2.07. The quantitative estimate of drug-likeness (QED) is 0.898. The van der Waals surface area contributed by atoms with Gasteiger partial charge in [-0.3, -0.25) is 0 Å². The number of nitrogens with two attached hydrogens (primary N) is 1. The summed E-state index contributed by atoms with van der Waals surface area (Å²) in [7, 11) is 1.62. The van der Waals surface area contributed by atoms with Crippen LogP contribution in [0.4, 0.5) is 0 Å². The van der Waals surface area contributed by atoms with Gasteiger partial charge in [-0.05, 0) is 24.6 Å². The number of ether oxygens (including phenoxy) is 2. The van der Waals surface area contributed by atoms with Crippen LogP contribution in [0.3, 0.4) is 0 Å². The van der Waals surface area contributed by atoms with Gasteiger partial charge in [0.15, 0.2) is 0 Å². The summed E-state index contributed by atoms with van der Waals surface area (Å²) < 4.78 is 10.8. The largest absolute Gasteiger partial charge is 0.497 e. The minimum atomic E-state index is 0.484. The van der Waals surface area contributed by atoms with Crippen molar-refractivity contribution in [1.82, 2.24) is 4.98 Å². The second-order valence-electron chi connectivity index (χ2n) is 3.88. The predicted molar refractivity (Wildman–Crippen MR) is 69.9 cm³/mol. The number of aromatic nitrogens is 1. The van der Waals surface area contributed by atoms with E-state index in [-0.39, 0.29) is 0 Å². The molecule has 0 unspecified atom stereocenters. The lowest BCUT2D eigenvalue weighted by Gasteiger charge is -2.08. The monoisotopic (exact) mass is 244 g/mol. The first-order valence-electron chi connectivity index (χ1n) is 5.71. The lowest BCUT2D eigenvalue weighted by Crippen LogP contribution is -2.01. The molecule has 0 aliphatic carbocycles. The van der Waals surface area contributed by atoms with Crippen molar-refractivity contribution in [3.8, 4) is 17.4 Å².